The first-order valence-corrected chi connectivity index (χ1v) is 10.7. The molecule has 1 atom stereocenters. The van der Waals surface area contributed by atoms with Gasteiger partial charge in [0.05, 0.1) is 11.9 Å². The molecule has 5 nitrogen and oxygen atoms in total. The summed E-state index contributed by atoms with van der Waals surface area (Å²) < 4.78 is 5.97. The number of nitriles is 1. The summed E-state index contributed by atoms with van der Waals surface area (Å²) in [5.74, 6) is -0.878. The fourth-order valence-corrected chi connectivity index (χ4v) is 4.73. The van der Waals surface area contributed by atoms with Gasteiger partial charge in [-0.15, -0.1) is 0 Å². The normalized spacial score (nSPS) is 17.8. The van der Waals surface area contributed by atoms with E-state index in [1.54, 1.807) is 6.92 Å². The number of aryl methyl sites for hydroxylation is 1. The van der Waals surface area contributed by atoms with Crippen LogP contribution < -0.4 is 4.90 Å². The van der Waals surface area contributed by atoms with Crippen LogP contribution in [0.1, 0.15) is 18.1 Å². The molecule has 29 heavy (non-hydrogen) atoms. The van der Waals surface area contributed by atoms with Gasteiger partial charge in [0.1, 0.15) is 11.1 Å². The molecule has 2 aromatic rings. The monoisotopic (exact) mass is 470 g/mol. The predicted molar refractivity (Wildman–Crippen MR) is 117 cm³/mol. The molecular formula is C22H19BrN2O3S. The van der Waals surface area contributed by atoms with Gasteiger partial charge < -0.3 is 4.74 Å². The van der Waals surface area contributed by atoms with Crippen molar-refractivity contribution in [1.29, 1.82) is 5.26 Å². The molecule has 0 aliphatic carbocycles. The van der Waals surface area contributed by atoms with E-state index in [1.165, 1.54) is 16.7 Å². The Balaban J connectivity index is 2.03. The van der Waals surface area contributed by atoms with Crippen LogP contribution in [0.5, 0.6) is 0 Å². The highest BCUT2D eigenvalue weighted by molar-refractivity contribution is 9.10. The Morgan fingerprint density at radius 2 is 2.00 bits per heavy atom. The fraction of sp³-hybridized carbons (Fsp3) is 0.227. The summed E-state index contributed by atoms with van der Waals surface area (Å²) >= 11 is 4.68. The topological polar surface area (TPSA) is 70.4 Å². The third-order valence-electron chi connectivity index (χ3n) is 4.36. The Morgan fingerprint density at radius 3 is 2.62 bits per heavy atom. The van der Waals surface area contributed by atoms with Crippen molar-refractivity contribution in [2.24, 2.45) is 0 Å². The molecule has 0 N–H and O–H groups in total. The second kappa shape index (κ2) is 9.29. The highest BCUT2D eigenvalue weighted by atomic mass is 79.9. The number of rotatable bonds is 5. The standard InChI is InChI=1S/C22H19BrN2O3S/c1-3-28-22(27)18(13-24)21-25(17-9-7-14(2)8-10-17)20(26)19(29-21)12-15-5-4-6-16(23)11-15/h4-11,19H,3,12H2,1-2H3/b21-18+/t19-/m1/s1. The quantitative estimate of drug-likeness (QED) is 0.358. The summed E-state index contributed by atoms with van der Waals surface area (Å²) in [6, 6.07) is 17.1. The van der Waals surface area contributed by atoms with Gasteiger partial charge in [0.2, 0.25) is 5.91 Å². The van der Waals surface area contributed by atoms with Crippen molar-refractivity contribution in [2.75, 3.05) is 11.5 Å². The molecule has 148 valence electrons. The molecule has 0 saturated carbocycles. The van der Waals surface area contributed by atoms with Gasteiger partial charge in [-0.25, -0.2) is 4.79 Å². The highest BCUT2D eigenvalue weighted by Gasteiger charge is 2.41. The maximum atomic E-state index is 13.3. The summed E-state index contributed by atoms with van der Waals surface area (Å²) in [4.78, 5) is 27.1. The molecule has 1 saturated heterocycles. The van der Waals surface area contributed by atoms with Gasteiger partial charge >= 0.3 is 5.97 Å². The van der Waals surface area contributed by atoms with Crippen molar-refractivity contribution in [1.82, 2.24) is 0 Å². The van der Waals surface area contributed by atoms with E-state index in [-0.39, 0.29) is 18.1 Å². The average Bonchev–Trinajstić information content (AvgIpc) is 2.99. The molecule has 1 amide bonds. The zero-order chi connectivity index (χ0) is 21.0. The Bertz CT molecular complexity index is 1010. The zero-order valence-corrected chi connectivity index (χ0v) is 18.4. The molecule has 1 fully saturated rings. The van der Waals surface area contributed by atoms with Crippen LogP contribution >= 0.6 is 27.7 Å². The average molecular weight is 471 g/mol. The second-order valence-electron chi connectivity index (χ2n) is 6.46. The number of hydrogen-bond donors (Lipinski definition) is 0. The molecule has 1 aliphatic rings. The molecule has 0 aromatic heterocycles. The largest absolute Gasteiger partial charge is 0.462 e. The number of benzene rings is 2. The van der Waals surface area contributed by atoms with Gasteiger partial charge in [-0.3, -0.25) is 9.69 Å². The van der Waals surface area contributed by atoms with E-state index >= 15 is 0 Å². The first kappa shape index (κ1) is 21.2. The maximum Gasteiger partial charge on any atom is 0.351 e. The first-order valence-electron chi connectivity index (χ1n) is 9.07. The smallest absolute Gasteiger partial charge is 0.351 e. The maximum absolute atomic E-state index is 13.3. The Hall–Kier alpha value is -2.56. The number of carbonyl (C=O) groups is 2. The van der Waals surface area contributed by atoms with Gasteiger partial charge in [0.15, 0.2) is 5.57 Å². The van der Waals surface area contributed by atoms with Crippen molar-refractivity contribution in [3.8, 4) is 6.07 Å². The summed E-state index contributed by atoms with van der Waals surface area (Å²) in [5.41, 5.74) is 2.51. The molecule has 0 radical (unpaired) electrons. The third-order valence-corrected chi connectivity index (χ3v) is 6.12. The van der Waals surface area contributed by atoms with Crippen molar-refractivity contribution in [3.63, 3.8) is 0 Å². The molecule has 2 aromatic carbocycles. The predicted octanol–water partition coefficient (Wildman–Crippen LogP) is 4.75. The van der Waals surface area contributed by atoms with Crippen LogP contribution in [-0.4, -0.2) is 23.7 Å². The van der Waals surface area contributed by atoms with Crippen LogP contribution in [0.15, 0.2) is 63.6 Å². The van der Waals surface area contributed by atoms with Gasteiger partial charge in [0.25, 0.3) is 0 Å². The molecule has 0 unspecified atom stereocenters. The molecule has 0 bridgehead atoms. The number of halogens is 1. The Morgan fingerprint density at radius 1 is 1.28 bits per heavy atom. The summed E-state index contributed by atoms with van der Waals surface area (Å²) in [6.45, 7) is 3.79. The Kier molecular flexibility index (Phi) is 6.78. The number of hydrogen-bond acceptors (Lipinski definition) is 5. The van der Waals surface area contributed by atoms with Crippen LogP contribution in [0, 0.1) is 18.3 Å². The molecule has 3 rings (SSSR count). The van der Waals surface area contributed by atoms with Crippen LogP contribution in [0.2, 0.25) is 0 Å². The lowest BCUT2D eigenvalue weighted by molar-refractivity contribution is -0.138. The van der Waals surface area contributed by atoms with E-state index in [4.69, 9.17) is 4.74 Å². The fourth-order valence-electron chi connectivity index (χ4n) is 2.98. The van der Waals surface area contributed by atoms with E-state index in [0.29, 0.717) is 17.1 Å². The molecule has 1 aliphatic heterocycles. The van der Waals surface area contributed by atoms with Gasteiger partial charge in [-0.05, 0) is 50.1 Å². The molecule has 7 heteroatoms. The van der Waals surface area contributed by atoms with Crippen molar-refractivity contribution >= 4 is 45.3 Å². The van der Waals surface area contributed by atoms with Gasteiger partial charge in [0, 0.05) is 10.2 Å². The van der Waals surface area contributed by atoms with Gasteiger partial charge in [-0.1, -0.05) is 57.5 Å². The zero-order valence-electron chi connectivity index (χ0n) is 16.0. The number of ether oxygens (including phenoxy) is 1. The van der Waals surface area contributed by atoms with E-state index < -0.39 is 11.2 Å². The number of amides is 1. The molecular weight excluding hydrogens is 452 g/mol. The first-order chi connectivity index (χ1) is 13.9. The number of nitrogens with zero attached hydrogens (tertiary/aromatic N) is 2. The number of carbonyl (C=O) groups excluding carboxylic acids is 2. The minimum absolute atomic E-state index is 0.150. The lowest BCUT2D eigenvalue weighted by atomic mass is 10.1. The second-order valence-corrected chi connectivity index (χ2v) is 8.57. The minimum atomic E-state index is -0.717. The summed E-state index contributed by atoms with van der Waals surface area (Å²) in [7, 11) is 0. The highest BCUT2D eigenvalue weighted by Crippen LogP contribution is 2.42. The van der Waals surface area contributed by atoms with Crippen LogP contribution in [0.3, 0.4) is 0 Å². The summed E-state index contributed by atoms with van der Waals surface area (Å²) in [6.07, 6.45) is 0.482. The van der Waals surface area contributed by atoms with E-state index in [0.717, 1.165) is 15.6 Å². The molecule has 0 spiro atoms. The number of thioether (sulfide) groups is 1. The lowest BCUT2D eigenvalue weighted by Gasteiger charge is -2.18. The number of esters is 1. The van der Waals surface area contributed by atoms with Crippen LogP contribution in [-0.2, 0) is 20.7 Å². The van der Waals surface area contributed by atoms with Crippen LogP contribution in [0.25, 0.3) is 0 Å². The van der Waals surface area contributed by atoms with E-state index in [9.17, 15) is 14.9 Å². The third kappa shape index (κ3) is 4.72. The Labute approximate surface area is 182 Å². The van der Waals surface area contributed by atoms with E-state index in [2.05, 4.69) is 15.9 Å². The van der Waals surface area contributed by atoms with Crippen molar-refractivity contribution in [3.05, 3.63) is 74.7 Å². The lowest BCUT2D eigenvalue weighted by Crippen LogP contribution is -2.30. The SMILES string of the molecule is CCOC(=O)/C(C#N)=C1/S[C@H](Cc2cccc(Br)c2)C(=O)N1c1ccc(C)cc1. The van der Waals surface area contributed by atoms with Crippen molar-refractivity contribution in [2.45, 2.75) is 25.5 Å². The molecule has 1 heterocycles. The van der Waals surface area contributed by atoms with Crippen molar-refractivity contribution < 1.29 is 14.3 Å². The summed E-state index contributed by atoms with van der Waals surface area (Å²) in [5, 5.41) is 9.50. The van der Waals surface area contributed by atoms with Gasteiger partial charge in [-0.2, -0.15) is 5.26 Å². The van der Waals surface area contributed by atoms with Crippen LogP contribution in [0.4, 0.5) is 5.69 Å². The number of anilines is 1. The minimum Gasteiger partial charge on any atom is -0.462 e. The van der Waals surface area contributed by atoms with E-state index in [1.807, 2.05) is 61.5 Å².